The molecule has 31 heavy (non-hydrogen) atoms. The van der Waals surface area contributed by atoms with Crippen molar-refractivity contribution in [3.63, 3.8) is 0 Å². The summed E-state index contributed by atoms with van der Waals surface area (Å²) in [4.78, 5) is 24.3. The molecule has 0 saturated carbocycles. The third-order valence-electron chi connectivity index (χ3n) is 5.20. The molecule has 2 N–H and O–H groups in total. The highest BCUT2D eigenvalue weighted by Gasteiger charge is 2.25. The Bertz CT molecular complexity index is 1170. The van der Waals surface area contributed by atoms with Crippen LogP contribution < -0.4 is 5.73 Å². The Morgan fingerprint density at radius 1 is 1.19 bits per heavy atom. The lowest BCUT2D eigenvalue weighted by Crippen LogP contribution is -2.13. The summed E-state index contributed by atoms with van der Waals surface area (Å²) >= 11 is 6.15. The molecule has 1 amide bonds. The van der Waals surface area contributed by atoms with Gasteiger partial charge in [-0.05, 0) is 48.7 Å². The lowest BCUT2D eigenvalue weighted by molar-refractivity contribution is -0.140. The molecule has 2 aromatic carbocycles. The number of halogens is 1. The number of hydrogen-bond donors (Lipinski definition) is 1. The van der Waals surface area contributed by atoms with Gasteiger partial charge in [0.15, 0.2) is 0 Å². The number of benzene rings is 2. The van der Waals surface area contributed by atoms with Crippen LogP contribution >= 0.6 is 11.6 Å². The Labute approximate surface area is 185 Å². The zero-order chi connectivity index (χ0) is 22.5. The molecule has 6 nitrogen and oxygen atoms in total. The topological polar surface area (TPSA) is 98.1 Å². The smallest absolute Gasteiger partial charge is 0.305 e. The molecule has 0 fully saturated rings. The average Bonchev–Trinajstić information content (AvgIpc) is 3.03. The molecule has 0 atom stereocenters. The summed E-state index contributed by atoms with van der Waals surface area (Å²) in [7, 11) is 1.34. The first kappa shape index (κ1) is 22.1. The third kappa shape index (κ3) is 4.79. The number of nitrogens with zero attached hydrogens (tertiary/aromatic N) is 2. The highest BCUT2D eigenvalue weighted by molar-refractivity contribution is 6.30. The van der Waals surface area contributed by atoms with Gasteiger partial charge in [-0.15, -0.1) is 0 Å². The van der Waals surface area contributed by atoms with E-state index in [1.54, 1.807) is 30.3 Å². The van der Waals surface area contributed by atoms with Crippen molar-refractivity contribution >= 4 is 23.5 Å². The molecule has 0 bridgehead atoms. The Morgan fingerprint density at radius 3 is 2.48 bits per heavy atom. The van der Waals surface area contributed by atoms with Gasteiger partial charge in [-0.25, -0.2) is 0 Å². The summed E-state index contributed by atoms with van der Waals surface area (Å²) in [5.74, 6) is -0.902. The molecule has 3 rings (SSSR count). The Balaban J connectivity index is 2.21. The fourth-order valence-corrected chi connectivity index (χ4v) is 3.95. The SMILES string of the molecule is COC(=O)CCc1c(-c2ccc(C#N)cc2)c(C(N)=O)c(C)n1Cc1cccc(Cl)c1. The van der Waals surface area contributed by atoms with Crippen molar-refractivity contribution in [3.8, 4) is 17.2 Å². The van der Waals surface area contributed by atoms with E-state index < -0.39 is 5.91 Å². The van der Waals surface area contributed by atoms with Crippen LogP contribution in [0.3, 0.4) is 0 Å². The minimum Gasteiger partial charge on any atom is -0.469 e. The predicted molar refractivity (Wildman–Crippen MR) is 119 cm³/mol. The molecular formula is C24H22ClN3O3. The van der Waals surface area contributed by atoms with E-state index >= 15 is 0 Å². The minimum absolute atomic E-state index is 0.150. The number of hydrogen-bond acceptors (Lipinski definition) is 4. The van der Waals surface area contributed by atoms with Crippen molar-refractivity contribution < 1.29 is 14.3 Å². The van der Waals surface area contributed by atoms with Gasteiger partial charge >= 0.3 is 5.97 Å². The zero-order valence-corrected chi connectivity index (χ0v) is 18.1. The van der Waals surface area contributed by atoms with Gasteiger partial charge < -0.3 is 15.0 Å². The largest absolute Gasteiger partial charge is 0.469 e. The van der Waals surface area contributed by atoms with E-state index in [9.17, 15) is 9.59 Å². The second-order valence-electron chi connectivity index (χ2n) is 7.13. The summed E-state index contributed by atoms with van der Waals surface area (Å²) in [5.41, 5.74) is 10.5. The van der Waals surface area contributed by atoms with E-state index in [1.807, 2.05) is 29.7 Å². The number of rotatable bonds is 7. The summed E-state index contributed by atoms with van der Waals surface area (Å²) in [6.45, 7) is 2.29. The van der Waals surface area contributed by atoms with E-state index in [0.29, 0.717) is 40.4 Å². The van der Waals surface area contributed by atoms with Crippen molar-refractivity contribution in [1.29, 1.82) is 5.26 Å². The van der Waals surface area contributed by atoms with Crippen LogP contribution in [0.5, 0.6) is 0 Å². The fraction of sp³-hybridized carbons (Fsp3) is 0.208. The maximum Gasteiger partial charge on any atom is 0.305 e. The standard InChI is InChI=1S/C24H22ClN3O3/c1-15-22(24(27)30)23(18-8-6-16(13-26)7-9-18)20(10-11-21(29)31-2)28(15)14-17-4-3-5-19(25)12-17/h3-9,12H,10-11,14H2,1-2H3,(H2,27,30). The average molecular weight is 436 g/mol. The summed E-state index contributed by atoms with van der Waals surface area (Å²) < 4.78 is 6.80. The van der Waals surface area contributed by atoms with Crippen LogP contribution in [0.4, 0.5) is 0 Å². The van der Waals surface area contributed by atoms with Crippen molar-refractivity contribution in [2.24, 2.45) is 5.73 Å². The van der Waals surface area contributed by atoms with Gasteiger partial charge in [0, 0.05) is 28.5 Å². The number of primary amides is 1. The molecule has 7 heteroatoms. The van der Waals surface area contributed by atoms with E-state index in [0.717, 1.165) is 16.8 Å². The number of aromatic nitrogens is 1. The second kappa shape index (κ2) is 9.50. The van der Waals surface area contributed by atoms with Gasteiger partial charge in [-0.2, -0.15) is 5.26 Å². The lowest BCUT2D eigenvalue weighted by atomic mass is 9.97. The van der Waals surface area contributed by atoms with Gasteiger partial charge in [-0.3, -0.25) is 9.59 Å². The fourth-order valence-electron chi connectivity index (χ4n) is 3.74. The number of carbonyl (C=O) groups is 2. The molecule has 0 radical (unpaired) electrons. The second-order valence-corrected chi connectivity index (χ2v) is 7.56. The number of amides is 1. The molecule has 0 saturated heterocycles. The first-order chi connectivity index (χ1) is 14.8. The predicted octanol–water partition coefficient (Wildman–Crippen LogP) is 4.24. The molecule has 0 spiro atoms. The minimum atomic E-state index is -0.555. The highest BCUT2D eigenvalue weighted by Crippen LogP contribution is 2.34. The van der Waals surface area contributed by atoms with E-state index in [4.69, 9.17) is 27.3 Å². The van der Waals surface area contributed by atoms with Crippen molar-refractivity contribution in [2.45, 2.75) is 26.3 Å². The Kier molecular flexibility index (Phi) is 6.78. The zero-order valence-electron chi connectivity index (χ0n) is 17.3. The quantitative estimate of drug-likeness (QED) is 0.561. The van der Waals surface area contributed by atoms with Gasteiger partial charge in [0.05, 0.1) is 30.7 Å². The maximum atomic E-state index is 12.4. The summed E-state index contributed by atoms with van der Waals surface area (Å²) in [5, 5.41) is 9.73. The van der Waals surface area contributed by atoms with Gasteiger partial charge in [0.1, 0.15) is 0 Å². The Morgan fingerprint density at radius 2 is 1.90 bits per heavy atom. The van der Waals surface area contributed by atoms with Gasteiger partial charge in [-0.1, -0.05) is 35.9 Å². The lowest BCUT2D eigenvalue weighted by Gasteiger charge is -2.14. The highest BCUT2D eigenvalue weighted by atomic mass is 35.5. The van der Waals surface area contributed by atoms with E-state index in [2.05, 4.69) is 6.07 Å². The van der Waals surface area contributed by atoms with Gasteiger partial charge in [0.25, 0.3) is 5.91 Å². The van der Waals surface area contributed by atoms with Crippen molar-refractivity contribution in [3.05, 3.63) is 81.6 Å². The number of nitrogens with two attached hydrogens (primary N) is 1. The molecule has 158 valence electrons. The summed E-state index contributed by atoms with van der Waals surface area (Å²) in [6, 6.07) is 16.5. The Hall–Kier alpha value is -3.56. The maximum absolute atomic E-state index is 12.4. The first-order valence-electron chi connectivity index (χ1n) is 9.69. The van der Waals surface area contributed by atoms with Crippen LogP contribution in [0.2, 0.25) is 5.02 Å². The van der Waals surface area contributed by atoms with Crippen LogP contribution in [0, 0.1) is 18.3 Å². The van der Waals surface area contributed by atoms with Crippen LogP contribution in [0.1, 0.15) is 39.3 Å². The van der Waals surface area contributed by atoms with Crippen molar-refractivity contribution in [1.82, 2.24) is 4.57 Å². The van der Waals surface area contributed by atoms with Crippen LogP contribution in [-0.2, 0) is 22.5 Å². The molecule has 3 aromatic rings. The first-order valence-corrected chi connectivity index (χ1v) is 10.1. The van der Waals surface area contributed by atoms with Gasteiger partial charge in [0.2, 0.25) is 0 Å². The number of ether oxygens (including phenoxy) is 1. The number of methoxy groups -OCH3 is 1. The number of esters is 1. The monoisotopic (exact) mass is 435 g/mol. The van der Waals surface area contributed by atoms with Crippen molar-refractivity contribution in [2.75, 3.05) is 7.11 Å². The number of carbonyl (C=O) groups excluding carboxylic acids is 2. The molecule has 0 aliphatic heterocycles. The van der Waals surface area contributed by atoms with Crippen LogP contribution in [-0.4, -0.2) is 23.6 Å². The molecule has 1 heterocycles. The normalized spacial score (nSPS) is 10.5. The molecular weight excluding hydrogens is 414 g/mol. The molecule has 0 unspecified atom stereocenters. The number of nitriles is 1. The molecule has 0 aliphatic rings. The molecule has 0 aliphatic carbocycles. The van der Waals surface area contributed by atoms with Crippen LogP contribution in [0.15, 0.2) is 48.5 Å². The van der Waals surface area contributed by atoms with E-state index in [-0.39, 0.29) is 12.4 Å². The molecule has 1 aromatic heterocycles. The summed E-state index contributed by atoms with van der Waals surface area (Å²) in [6.07, 6.45) is 0.508. The van der Waals surface area contributed by atoms with Crippen LogP contribution in [0.25, 0.3) is 11.1 Å². The third-order valence-corrected chi connectivity index (χ3v) is 5.44. The van der Waals surface area contributed by atoms with E-state index in [1.165, 1.54) is 7.11 Å².